The number of nitro groups is 1. The van der Waals surface area contributed by atoms with Crippen LogP contribution in [0.25, 0.3) is 0 Å². The summed E-state index contributed by atoms with van der Waals surface area (Å²) in [5, 5.41) is 13.8. The third-order valence-corrected chi connectivity index (χ3v) is 4.94. The van der Waals surface area contributed by atoms with Crippen molar-refractivity contribution in [3.63, 3.8) is 0 Å². The molecule has 21 heavy (non-hydrogen) atoms. The molecular formula is C13H21N3O4S. The molecule has 7 nitrogen and oxygen atoms in total. The molecule has 1 aromatic rings. The number of para-hydroxylation sites is 1. The SMILES string of the molecule is CNc1cccc(S(=O)(=O)NC(C)C(C)(C)C)c1[N+](=O)[O-]. The van der Waals surface area contributed by atoms with Crippen molar-refractivity contribution in [2.75, 3.05) is 12.4 Å². The first-order chi connectivity index (χ1) is 9.50. The minimum atomic E-state index is -3.98. The average molecular weight is 315 g/mol. The van der Waals surface area contributed by atoms with E-state index in [1.807, 2.05) is 20.8 Å². The van der Waals surface area contributed by atoms with Crippen LogP contribution in [0.4, 0.5) is 11.4 Å². The van der Waals surface area contributed by atoms with Crippen LogP contribution in [-0.4, -0.2) is 26.4 Å². The monoisotopic (exact) mass is 315 g/mol. The van der Waals surface area contributed by atoms with Crippen molar-refractivity contribution in [1.29, 1.82) is 0 Å². The van der Waals surface area contributed by atoms with E-state index in [4.69, 9.17) is 0 Å². The summed E-state index contributed by atoms with van der Waals surface area (Å²) in [7, 11) is -2.48. The third-order valence-electron chi connectivity index (χ3n) is 3.37. The smallest absolute Gasteiger partial charge is 0.312 e. The highest BCUT2D eigenvalue weighted by Crippen LogP contribution is 2.32. The van der Waals surface area contributed by atoms with Crippen molar-refractivity contribution in [2.24, 2.45) is 5.41 Å². The normalized spacial score (nSPS) is 13.8. The minimum Gasteiger partial charge on any atom is -0.383 e. The Morgan fingerprint density at radius 3 is 2.29 bits per heavy atom. The van der Waals surface area contributed by atoms with Crippen molar-refractivity contribution in [3.05, 3.63) is 28.3 Å². The Bertz CT molecular complexity index is 635. The maximum atomic E-state index is 12.4. The molecule has 1 rings (SSSR count). The van der Waals surface area contributed by atoms with Gasteiger partial charge < -0.3 is 5.32 Å². The lowest BCUT2D eigenvalue weighted by atomic mass is 9.89. The predicted octanol–water partition coefficient (Wildman–Crippen LogP) is 2.35. The van der Waals surface area contributed by atoms with Crippen molar-refractivity contribution in [3.8, 4) is 0 Å². The summed E-state index contributed by atoms with van der Waals surface area (Å²) in [6.07, 6.45) is 0. The van der Waals surface area contributed by atoms with Gasteiger partial charge in [-0.15, -0.1) is 0 Å². The molecule has 0 amide bonds. The number of anilines is 1. The molecule has 0 saturated carbocycles. The minimum absolute atomic E-state index is 0.159. The molecule has 0 fully saturated rings. The van der Waals surface area contributed by atoms with Gasteiger partial charge in [0.1, 0.15) is 5.69 Å². The Kier molecular flexibility index (Phi) is 4.95. The van der Waals surface area contributed by atoms with Crippen molar-refractivity contribution in [1.82, 2.24) is 4.72 Å². The molecule has 8 heteroatoms. The predicted molar refractivity (Wildman–Crippen MR) is 81.9 cm³/mol. The molecule has 2 N–H and O–H groups in total. The first-order valence-electron chi connectivity index (χ1n) is 6.48. The Balaban J connectivity index is 3.36. The van der Waals surface area contributed by atoms with Gasteiger partial charge in [0.2, 0.25) is 10.0 Å². The first kappa shape index (κ1) is 17.4. The molecule has 1 atom stereocenters. The van der Waals surface area contributed by atoms with Gasteiger partial charge in [0, 0.05) is 13.1 Å². The van der Waals surface area contributed by atoms with E-state index >= 15 is 0 Å². The number of rotatable bonds is 5. The van der Waals surface area contributed by atoms with Gasteiger partial charge in [-0.3, -0.25) is 10.1 Å². The maximum Gasteiger partial charge on any atom is 0.312 e. The van der Waals surface area contributed by atoms with Gasteiger partial charge in [-0.05, 0) is 24.5 Å². The largest absolute Gasteiger partial charge is 0.383 e. The Labute approximate surface area is 124 Å². The second-order valence-electron chi connectivity index (χ2n) is 5.87. The number of hydrogen-bond donors (Lipinski definition) is 2. The fourth-order valence-electron chi connectivity index (χ4n) is 1.60. The van der Waals surface area contributed by atoms with Gasteiger partial charge in [-0.25, -0.2) is 13.1 Å². The van der Waals surface area contributed by atoms with Gasteiger partial charge in [0.25, 0.3) is 0 Å². The Morgan fingerprint density at radius 1 is 1.29 bits per heavy atom. The van der Waals surface area contributed by atoms with Crippen LogP contribution in [0.2, 0.25) is 0 Å². The van der Waals surface area contributed by atoms with E-state index in [-0.39, 0.29) is 22.0 Å². The molecule has 118 valence electrons. The molecule has 0 bridgehead atoms. The van der Waals surface area contributed by atoms with Crippen LogP contribution in [0.15, 0.2) is 23.1 Å². The second-order valence-corrected chi connectivity index (χ2v) is 7.55. The summed E-state index contributed by atoms with van der Waals surface area (Å²) >= 11 is 0. The highest BCUT2D eigenvalue weighted by molar-refractivity contribution is 7.89. The van der Waals surface area contributed by atoms with Gasteiger partial charge >= 0.3 is 5.69 Å². The Hall–Kier alpha value is -1.67. The van der Waals surface area contributed by atoms with Gasteiger partial charge in [-0.2, -0.15) is 0 Å². The molecule has 1 unspecified atom stereocenters. The van der Waals surface area contributed by atoms with Crippen molar-refractivity contribution >= 4 is 21.4 Å². The molecular weight excluding hydrogens is 294 g/mol. The van der Waals surface area contributed by atoms with E-state index in [9.17, 15) is 18.5 Å². The lowest BCUT2D eigenvalue weighted by Gasteiger charge is -2.27. The van der Waals surface area contributed by atoms with E-state index < -0.39 is 20.6 Å². The van der Waals surface area contributed by atoms with Crippen LogP contribution in [0, 0.1) is 15.5 Å². The molecule has 0 radical (unpaired) electrons. The highest BCUT2D eigenvalue weighted by Gasteiger charge is 2.32. The fourth-order valence-corrected chi connectivity index (χ4v) is 3.24. The fraction of sp³-hybridized carbons (Fsp3) is 0.538. The van der Waals surface area contributed by atoms with Gasteiger partial charge in [0.15, 0.2) is 4.90 Å². The number of benzene rings is 1. The summed E-state index contributed by atoms with van der Waals surface area (Å²) in [4.78, 5) is 10.2. The lowest BCUT2D eigenvalue weighted by molar-refractivity contribution is -0.386. The second kappa shape index (κ2) is 5.98. The van der Waals surface area contributed by atoms with Crippen LogP contribution in [-0.2, 0) is 10.0 Å². The summed E-state index contributed by atoms with van der Waals surface area (Å²) in [6.45, 7) is 7.39. The number of nitrogens with zero attached hydrogens (tertiary/aromatic N) is 1. The number of nitrogens with one attached hydrogen (secondary N) is 2. The van der Waals surface area contributed by atoms with Crippen LogP contribution < -0.4 is 10.0 Å². The molecule has 0 saturated heterocycles. The molecule has 0 aromatic heterocycles. The quantitative estimate of drug-likeness (QED) is 0.641. The standard InChI is InChI=1S/C13H21N3O4S/c1-9(13(2,3)4)15-21(19,20)11-8-6-7-10(14-5)12(11)16(17)18/h6-9,14-15H,1-5H3. The summed E-state index contributed by atoms with van der Waals surface area (Å²) < 4.78 is 27.4. The summed E-state index contributed by atoms with van der Waals surface area (Å²) in [5.74, 6) is 0. The van der Waals surface area contributed by atoms with E-state index in [0.717, 1.165) is 0 Å². The average Bonchev–Trinajstić information content (AvgIpc) is 2.35. The number of hydrogen-bond acceptors (Lipinski definition) is 5. The lowest BCUT2D eigenvalue weighted by Crippen LogP contribution is -2.41. The van der Waals surface area contributed by atoms with Gasteiger partial charge in [0.05, 0.1) is 4.92 Å². The molecule has 0 aliphatic carbocycles. The van der Waals surface area contributed by atoms with Crippen LogP contribution in [0.5, 0.6) is 0 Å². The zero-order chi connectivity index (χ0) is 16.4. The molecule has 0 aliphatic rings. The van der Waals surface area contributed by atoms with E-state index in [0.29, 0.717) is 0 Å². The Morgan fingerprint density at radius 2 is 1.86 bits per heavy atom. The van der Waals surface area contributed by atoms with Crippen LogP contribution >= 0.6 is 0 Å². The van der Waals surface area contributed by atoms with Crippen molar-refractivity contribution in [2.45, 2.75) is 38.6 Å². The topological polar surface area (TPSA) is 101 Å². The summed E-state index contributed by atoms with van der Waals surface area (Å²) in [6, 6.07) is 3.79. The summed E-state index contributed by atoms with van der Waals surface area (Å²) in [5.41, 5.74) is -0.595. The first-order valence-corrected chi connectivity index (χ1v) is 7.96. The van der Waals surface area contributed by atoms with E-state index in [1.54, 1.807) is 6.92 Å². The van der Waals surface area contributed by atoms with E-state index in [2.05, 4.69) is 10.0 Å². The molecule has 0 heterocycles. The number of sulfonamides is 1. The highest BCUT2D eigenvalue weighted by atomic mass is 32.2. The maximum absolute atomic E-state index is 12.4. The molecule has 1 aromatic carbocycles. The third kappa shape index (κ3) is 3.92. The van der Waals surface area contributed by atoms with Crippen molar-refractivity contribution < 1.29 is 13.3 Å². The number of nitro benzene ring substituents is 1. The molecule has 0 spiro atoms. The van der Waals surface area contributed by atoms with Crippen LogP contribution in [0.1, 0.15) is 27.7 Å². The zero-order valence-electron chi connectivity index (χ0n) is 12.8. The van der Waals surface area contributed by atoms with E-state index in [1.165, 1.54) is 25.2 Å². The van der Waals surface area contributed by atoms with Crippen LogP contribution in [0.3, 0.4) is 0 Å². The molecule has 0 aliphatic heterocycles. The van der Waals surface area contributed by atoms with Gasteiger partial charge in [-0.1, -0.05) is 26.8 Å². The zero-order valence-corrected chi connectivity index (χ0v) is 13.6.